The Labute approximate surface area is 191 Å². The molecule has 1 aliphatic rings. The molecule has 1 fully saturated rings. The molecule has 1 amide bonds. The zero-order valence-electron chi connectivity index (χ0n) is 17.9. The highest BCUT2D eigenvalue weighted by Crippen LogP contribution is 2.29. The minimum Gasteiger partial charge on any atom is -0.495 e. The highest BCUT2D eigenvalue weighted by molar-refractivity contribution is 7.99. The molecule has 0 aliphatic carbocycles. The average Bonchev–Trinajstić information content (AvgIpc) is 3.20. The fourth-order valence-corrected chi connectivity index (χ4v) is 5.51. The van der Waals surface area contributed by atoms with Gasteiger partial charge in [0.1, 0.15) is 11.3 Å². The normalized spacial score (nSPS) is 16.8. The average molecular weight is 476 g/mol. The predicted octanol–water partition coefficient (Wildman–Crippen LogP) is 3.99. The number of sulfonamides is 1. The summed E-state index contributed by atoms with van der Waals surface area (Å²) in [6.07, 6.45) is 2.18. The second-order valence-electron chi connectivity index (χ2n) is 7.79. The maximum absolute atomic E-state index is 12.9. The van der Waals surface area contributed by atoms with Gasteiger partial charge in [-0.3, -0.25) is 9.52 Å². The number of hydrogen-bond acceptors (Lipinski definition) is 7. The number of fused-ring (bicyclic) bond motifs is 1. The quantitative estimate of drug-likeness (QED) is 0.516. The van der Waals surface area contributed by atoms with Crippen molar-refractivity contribution in [3.05, 3.63) is 42.5 Å². The number of carbonyl (C=O) groups excluding carboxylic acids is 1. The standard InChI is InChI=1S/C22H25N3O5S2/c1-15-6-5-11-25(13-15)21(26)14-31-22-23-18-12-16(9-10-20(18)30-22)32(27,28)24-17-7-3-4-8-19(17)29-2/h3-4,7-10,12,15,24H,5-6,11,13-14H2,1-2H3/t15-/m0/s1. The summed E-state index contributed by atoms with van der Waals surface area (Å²) in [6, 6.07) is 11.3. The van der Waals surface area contributed by atoms with Gasteiger partial charge in [0.2, 0.25) is 5.91 Å². The van der Waals surface area contributed by atoms with E-state index in [0.29, 0.717) is 33.7 Å². The molecule has 1 aromatic heterocycles. The van der Waals surface area contributed by atoms with E-state index in [4.69, 9.17) is 9.15 Å². The number of benzene rings is 2. The van der Waals surface area contributed by atoms with Crippen LogP contribution < -0.4 is 9.46 Å². The minimum atomic E-state index is -3.85. The summed E-state index contributed by atoms with van der Waals surface area (Å²) in [5, 5.41) is 0.339. The van der Waals surface area contributed by atoms with E-state index in [1.165, 1.54) is 31.0 Å². The van der Waals surface area contributed by atoms with E-state index in [-0.39, 0.29) is 16.6 Å². The molecule has 1 aliphatic heterocycles. The van der Waals surface area contributed by atoms with Crippen molar-refractivity contribution in [1.82, 2.24) is 9.88 Å². The van der Waals surface area contributed by atoms with E-state index in [0.717, 1.165) is 25.9 Å². The Balaban J connectivity index is 1.47. The highest BCUT2D eigenvalue weighted by Gasteiger charge is 2.22. The van der Waals surface area contributed by atoms with Crippen molar-refractivity contribution in [1.29, 1.82) is 0 Å². The molecule has 32 heavy (non-hydrogen) atoms. The van der Waals surface area contributed by atoms with Crippen molar-refractivity contribution in [2.45, 2.75) is 29.9 Å². The fraction of sp³-hybridized carbons (Fsp3) is 0.364. The molecule has 1 saturated heterocycles. The number of thioether (sulfide) groups is 1. The van der Waals surface area contributed by atoms with E-state index < -0.39 is 10.0 Å². The number of aromatic nitrogens is 1. The molecule has 2 aromatic carbocycles. The van der Waals surface area contributed by atoms with Crippen LogP contribution in [0.15, 0.2) is 57.0 Å². The van der Waals surface area contributed by atoms with Gasteiger partial charge < -0.3 is 14.1 Å². The van der Waals surface area contributed by atoms with Crippen LogP contribution in [0.1, 0.15) is 19.8 Å². The first-order chi connectivity index (χ1) is 15.4. The lowest BCUT2D eigenvalue weighted by Crippen LogP contribution is -2.40. The number of hydrogen-bond donors (Lipinski definition) is 1. The van der Waals surface area contributed by atoms with E-state index in [1.54, 1.807) is 30.3 Å². The molecule has 0 bridgehead atoms. The number of rotatable bonds is 7. The van der Waals surface area contributed by atoms with Gasteiger partial charge in [-0.25, -0.2) is 13.4 Å². The first-order valence-electron chi connectivity index (χ1n) is 10.3. The van der Waals surface area contributed by atoms with E-state index in [1.807, 2.05) is 4.90 Å². The van der Waals surface area contributed by atoms with Crippen LogP contribution in [0.5, 0.6) is 5.75 Å². The monoisotopic (exact) mass is 475 g/mol. The van der Waals surface area contributed by atoms with Gasteiger partial charge in [0.25, 0.3) is 15.2 Å². The molecule has 0 spiro atoms. The number of oxazole rings is 1. The lowest BCUT2D eigenvalue weighted by atomic mass is 10.0. The van der Waals surface area contributed by atoms with Crippen LogP contribution in [-0.2, 0) is 14.8 Å². The second kappa shape index (κ2) is 9.41. The summed E-state index contributed by atoms with van der Waals surface area (Å²) in [5.41, 5.74) is 1.22. The first kappa shape index (κ1) is 22.5. The molecule has 1 atom stereocenters. The Morgan fingerprint density at radius 1 is 1.31 bits per heavy atom. The zero-order valence-corrected chi connectivity index (χ0v) is 19.5. The minimum absolute atomic E-state index is 0.0548. The molecule has 170 valence electrons. The van der Waals surface area contributed by atoms with Crippen LogP contribution in [0, 0.1) is 5.92 Å². The number of para-hydroxylation sites is 2. The lowest BCUT2D eigenvalue weighted by molar-refractivity contribution is -0.130. The van der Waals surface area contributed by atoms with Crippen LogP contribution in [-0.4, -0.2) is 50.2 Å². The third-order valence-electron chi connectivity index (χ3n) is 5.33. The van der Waals surface area contributed by atoms with Gasteiger partial charge in [0, 0.05) is 13.1 Å². The van der Waals surface area contributed by atoms with Crippen molar-refractivity contribution in [2.24, 2.45) is 5.92 Å². The Bertz CT molecular complexity index is 1230. The number of nitrogens with one attached hydrogen (secondary N) is 1. The molecule has 1 N–H and O–H groups in total. The van der Waals surface area contributed by atoms with Gasteiger partial charge in [0.15, 0.2) is 5.58 Å². The third kappa shape index (κ3) is 5.02. The summed E-state index contributed by atoms with van der Waals surface area (Å²) in [5.74, 6) is 1.24. The van der Waals surface area contributed by atoms with Gasteiger partial charge in [0.05, 0.1) is 23.4 Å². The molecular weight excluding hydrogens is 450 g/mol. The topological polar surface area (TPSA) is 102 Å². The Morgan fingerprint density at radius 2 is 2.12 bits per heavy atom. The summed E-state index contributed by atoms with van der Waals surface area (Å²) in [4.78, 5) is 18.8. The summed E-state index contributed by atoms with van der Waals surface area (Å²) >= 11 is 1.22. The van der Waals surface area contributed by atoms with Gasteiger partial charge in [-0.1, -0.05) is 30.8 Å². The zero-order chi connectivity index (χ0) is 22.7. The Hall–Kier alpha value is -2.72. The highest BCUT2D eigenvalue weighted by atomic mass is 32.2. The van der Waals surface area contributed by atoms with Crippen molar-refractivity contribution in [3.8, 4) is 5.75 Å². The number of methoxy groups -OCH3 is 1. The van der Waals surface area contributed by atoms with Crippen LogP contribution in [0.2, 0.25) is 0 Å². The molecule has 2 heterocycles. The van der Waals surface area contributed by atoms with Crippen LogP contribution >= 0.6 is 11.8 Å². The van der Waals surface area contributed by atoms with Crippen LogP contribution in [0.3, 0.4) is 0 Å². The van der Waals surface area contributed by atoms with Gasteiger partial charge in [-0.05, 0) is 49.1 Å². The number of anilines is 1. The van der Waals surface area contributed by atoms with Crippen molar-refractivity contribution in [3.63, 3.8) is 0 Å². The number of amides is 1. The van der Waals surface area contributed by atoms with E-state index >= 15 is 0 Å². The van der Waals surface area contributed by atoms with Crippen molar-refractivity contribution < 1.29 is 22.4 Å². The van der Waals surface area contributed by atoms with Gasteiger partial charge >= 0.3 is 0 Å². The summed E-state index contributed by atoms with van der Waals surface area (Å²) < 4.78 is 39.2. The molecule has 0 unspecified atom stereocenters. The molecule has 0 radical (unpaired) electrons. The van der Waals surface area contributed by atoms with Crippen LogP contribution in [0.25, 0.3) is 11.1 Å². The number of piperidine rings is 1. The number of likely N-dealkylation sites (tertiary alicyclic amines) is 1. The lowest BCUT2D eigenvalue weighted by Gasteiger charge is -2.30. The smallest absolute Gasteiger partial charge is 0.262 e. The third-order valence-corrected chi connectivity index (χ3v) is 7.51. The number of nitrogens with zero attached hydrogens (tertiary/aromatic N) is 2. The predicted molar refractivity (Wildman–Crippen MR) is 124 cm³/mol. The second-order valence-corrected chi connectivity index (χ2v) is 10.4. The van der Waals surface area contributed by atoms with Crippen LogP contribution in [0.4, 0.5) is 5.69 Å². The molecule has 10 heteroatoms. The van der Waals surface area contributed by atoms with Gasteiger partial charge in [-0.15, -0.1) is 0 Å². The molecule has 0 saturated carbocycles. The summed E-state index contributed by atoms with van der Waals surface area (Å²) in [7, 11) is -2.38. The maximum Gasteiger partial charge on any atom is 0.262 e. The maximum atomic E-state index is 12.9. The molecular formula is C22H25N3O5S2. The first-order valence-corrected chi connectivity index (χ1v) is 12.8. The number of carbonyl (C=O) groups is 1. The van der Waals surface area contributed by atoms with E-state index in [2.05, 4.69) is 16.6 Å². The molecule has 8 nitrogen and oxygen atoms in total. The fourth-order valence-electron chi connectivity index (χ4n) is 3.68. The summed E-state index contributed by atoms with van der Waals surface area (Å²) in [6.45, 7) is 3.73. The van der Waals surface area contributed by atoms with Crippen molar-refractivity contribution >= 4 is 44.5 Å². The number of ether oxygens (including phenoxy) is 1. The SMILES string of the molecule is COc1ccccc1NS(=O)(=O)c1ccc2oc(SCC(=O)N3CCC[C@H](C)C3)nc2c1. The Morgan fingerprint density at radius 3 is 2.91 bits per heavy atom. The molecule has 4 rings (SSSR count). The van der Waals surface area contributed by atoms with Crippen molar-refractivity contribution in [2.75, 3.05) is 30.7 Å². The Kier molecular flexibility index (Phi) is 6.61. The van der Waals surface area contributed by atoms with E-state index in [9.17, 15) is 13.2 Å². The molecule has 3 aromatic rings. The van der Waals surface area contributed by atoms with Gasteiger partial charge in [-0.2, -0.15) is 0 Å². The largest absolute Gasteiger partial charge is 0.495 e.